The van der Waals surface area contributed by atoms with Crippen molar-refractivity contribution >= 4 is 11.0 Å². The summed E-state index contributed by atoms with van der Waals surface area (Å²) < 4.78 is 15.4. The van der Waals surface area contributed by atoms with Gasteiger partial charge in [0.2, 0.25) is 5.95 Å². The predicted molar refractivity (Wildman–Crippen MR) is 99.1 cm³/mol. The van der Waals surface area contributed by atoms with Crippen LogP contribution >= 0.6 is 0 Å². The third-order valence-electron chi connectivity index (χ3n) is 4.37. The second kappa shape index (κ2) is 7.00. The number of halogens is 1. The van der Waals surface area contributed by atoms with Crippen molar-refractivity contribution in [1.82, 2.24) is 24.5 Å². The summed E-state index contributed by atoms with van der Waals surface area (Å²) in [7, 11) is 0. The van der Waals surface area contributed by atoms with E-state index in [0.717, 1.165) is 23.3 Å². The third kappa shape index (κ3) is 3.55. The molecule has 27 heavy (non-hydrogen) atoms. The normalized spacial score (nSPS) is 12.2. The van der Waals surface area contributed by atoms with Gasteiger partial charge in [0, 0.05) is 25.4 Å². The standard InChI is InChI=1S/C20H17FN6/c1-13(9-19-25-15-6-5-14(11-22)10-17(15)26-19)12-27-8-7-23-20(27)16-3-2-4-18(21)24-16/h2-8,10,13H,9,12H2,1H3,(H,25,26). The zero-order valence-corrected chi connectivity index (χ0v) is 14.7. The average Bonchev–Trinajstić information content (AvgIpc) is 3.27. The molecule has 7 heteroatoms. The monoisotopic (exact) mass is 360 g/mol. The first-order chi connectivity index (χ1) is 13.1. The van der Waals surface area contributed by atoms with Gasteiger partial charge in [0.25, 0.3) is 0 Å². The van der Waals surface area contributed by atoms with Crippen molar-refractivity contribution in [2.45, 2.75) is 19.9 Å². The topological polar surface area (TPSA) is 83.2 Å². The van der Waals surface area contributed by atoms with Gasteiger partial charge >= 0.3 is 0 Å². The highest BCUT2D eigenvalue weighted by atomic mass is 19.1. The summed E-state index contributed by atoms with van der Waals surface area (Å²) in [5.74, 6) is 1.26. The van der Waals surface area contributed by atoms with E-state index in [1.54, 1.807) is 30.5 Å². The maximum absolute atomic E-state index is 13.4. The summed E-state index contributed by atoms with van der Waals surface area (Å²) in [5, 5.41) is 9.01. The van der Waals surface area contributed by atoms with E-state index in [1.165, 1.54) is 6.07 Å². The Bertz CT molecular complexity index is 1140. The van der Waals surface area contributed by atoms with Crippen LogP contribution in [0.2, 0.25) is 0 Å². The summed E-state index contributed by atoms with van der Waals surface area (Å²) >= 11 is 0. The van der Waals surface area contributed by atoms with Crippen LogP contribution in [0.5, 0.6) is 0 Å². The number of hydrogen-bond acceptors (Lipinski definition) is 4. The molecule has 0 aliphatic heterocycles. The fourth-order valence-electron chi connectivity index (χ4n) is 3.18. The number of benzene rings is 1. The average molecular weight is 360 g/mol. The Balaban J connectivity index is 1.51. The second-order valence-electron chi connectivity index (χ2n) is 6.59. The minimum atomic E-state index is -0.519. The van der Waals surface area contributed by atoms with Crippen LogP contribution in [0.4, 0.5) is 4.39 Å². The molecule has 4 aromatic rings. The molecule has 134 valence electrons. The van der Waals surface area contributed by atoms with Crippen LogP contribution < -0.4 is 0 Å². The maximum Gasteiger partial charge on any atom is 0.213 e. The van der Waals surface area contributed by atoms with Gasteiger partial charge in [-0.15, -0.1) is 0 Å². The molecule has 3 aromatic heterocycles. The Labute approximate surface area is 155 Å². The van der Waals surface area contributed by atoms with Crippen LogP contribution in [0, 0.1) is 23.2 Å². The first-order valence-corrected chi connectivity index (χ1v) is 8.65. The SMILES string of the molecule is CC(Cc1nc2ccc(C#N)cc2[nH]1)Cn1ccnc1-c1cccc(F)n1. The van der Waals surface area contributed by atoms with E-state index in [-0.39, 0.29) is 5.92 Å². The quantitative estimate of drug-likeness (QED) is 0.550. The molecule has 1 N–H and O–H groups in total. The van der Waals surface area contributed by atoms with Crippen LogP contribution in [-0.2, 0) is 13.0 Å². The summed E-state index contributed by atoms with van der Waals surface area (Å²) in [6.45, 7) is 2.82. The molecule has 0 aliphatic rings. The molecule has 0 radical (unpaired) electrons. The lowest BCUT2D eigenvalue weighted by Crippen LogP contribution is -2.12. The molecule has 0 saturated heterocycles. The van der Waals surface area contributed by atoms with Gasteiger partial charge < -0.3 is 9.55 Å². The molecule has 3 heterocycles. The summed E-state index contributed by atoms with van der Waals surface area (Å²) in [5.41, 5.74) is 2.84. The third-order valence-corrected chi connectivity index (χ3v) is 4.37. The van der Waals surface area contributed by atoms with Crippen LogP contribution in [0.3, 0.4) is 0 Å². The lowest BCUT2D eigenvalue weighted by atomic mass is 10.1. The molecule has 0 spiro atoms. The molecule has 0 bridgehead atoms. The van der Waals surface area contributed by atoms with Gasteiger partial charge in [-0.1, -0.05) is 13.0 Å². The van der Waals surface area contributed by atoms with E-state index >= 15 is 0 Å². The maximum atomic E-state index is 13.4. The zero-order valence-electron chi connectivity index (χ0n) is 14.7. The molecule has 0 saturated carbocycles. The zero-order chi connectivity index (χ0) is 18.8. The van der Waals surface area contributed by atoms with E-state index in [1.807, 2.05) is 16.8 Å². The first-order valence-electron chi connectivity index (χ1n) is 8.65. The van der Waals surface area contributed by atoms with E-state index in [4.69, 9.17) is 5.26 Å². The van der Waals surface area contributed by atoms with Crippen molar-refractivity contribution in [2.24, 2.45) is 5.92 Å². The van der Waals surface area contributed by atoms with Crippen molar-refractivity contribution in [3.63, 3.8) is 0 Å². The minimum Gasteiger partial charge on any atom is -0.342 e. The number of aromatic amines is 1. The van der Waals surface area contributed by atoms with E-state index in [9.17, 15) is 4.39 Å². The minimum absolute atomic E-state index is 0.266. The first kappa shape index (κ1) is 16.9. The van der Waals surface area contributed by atoms with Crippen molar-refractivity contribution in [3.8, 4) is 17.6 Å². The Hall–Kier alpha value is -3.53. The Morgan fingerprint density at radius 2 is 2.15 bits per heavy atom. The van der Waals surface area contributed by atoms with Gasteiger partial charge in [0.15, 0.2) is 5.82 Å². The number of hydrogen-bond donors (Lipinski definition) is 1. The van der Waals surface area contributed by atoms with E-state index < -0.39 is 5.95 Å². The van der Waals surface area contributed by atoms with Crippen LogP contribution in [0.1, 0.15) is 18.3 Å². The molecular weight excluding hydrogens is 343 g/mol. The van der Waals surface area contributed by atoms with Gasteiger partial charge in [-0.25, -0.2) is 15.0 Å². The highest BCUT2D eigenvalue weighted by molar-refractivity contribution is 5.76. The molecular formula is C20H17FN6. The summed E-state index contributed by atoms with van der Waals surface area (Å²) in [6, 6.07) is 12.2. The highest BCUT2D eigenvalue weighted by Crippen LogP contribution is 2.19. The molecule has 4 rings (SSSR count). The van der Waals surface area contributed by atoms with Crippen molar-refractivity contribution < 1.29 is 4.39 Å². The van der Waals surface area contributed by atoms with Crippen molar-refractivity contribution in [3.05, 3.63) is 66.1 Å². The fraction of sp³-hybridized carbons (Fsp3) is 0.200. The largest absolute Gasteiger partial charge is 0.342 e. The molecule has 1 aromatic carbocycles. The number of H-pyrrole nitrogens is 1. The van der Waals surface area contributed by atoms with E-state index in [2.05, 4.69) is 32.9 Å². The highest BCUT2D eigenvalue weighted by Gasteiger charge is 2.13. The molecule has 1 unspecified atom stereocenters. The second-order valence-corrected chi connectivity index (χ2v) is 6.59. The number of pyridine rings is 1. The van der Waals surface area contributed by atoms with Crippen LogP contribution in [0.15, 0.2) is 48.8 Å². The molecule has 0 fully saturated rings. The lowest BCUT2D eigenvalue weighted by molar-refractivity contribution is 0.474. The van der Waals surface area contributed by atoms with E-state index in [0.29, 0.717) is 23.6 Å². The Morgan fingerprint density at radius 1 is 1.26 bits per heavy atom. The van der Waals surface area contributed by atoms with Crippen molar-refractivity contribution in [1.29, 1.82) is 5.26 Å². The number of imidazole rings is 2. The fourth-order valence-corrected chi connectivity index (χ4v) is 3.18. The molecule has 1 atom stereocenters. The molecule has 0 amide bonds. The van der Waals surface area contributed by atoms with Crippen LogP contribution in [0.25, 0.3) is 22.6 Å². The smallest absolute Gasteiger partial charge is 0.213 e. The van der Waals surface area contributed by atoms with Gasteiger partial charge in [0.1, 0.15) is 11.5 Å². The lowest BCUT2D eigenvalue weighted by Gasteiger charge is -2.13. The predicted octanol–water partition coefficient (Wildman–Crippen LogP) is 3.71. The summed E-state index contributed by atoms with van der Waals surface area (Å²) in [4.78, 5) is 16.1. The Morgan fingerprint density at radius 3 is 2.96 bits per heavy atom. The number of rotatable bonds is 5. The van der Waals surface area contributed by atoms with Crippen molar-refractivity contribution in [2.75, 3.05) is 0 Å². The Kier molecular flexibility index (Phi) is 4.38. The van der Waals surface area contributed by atoms with Gasteiger partial charge in [-0.3, -0.25) is 0 Å². The number of nitrogens with one attached hydrogen (secondary N) is 1. The van der Waals surface area contributed by atoms with Gasteiger partial charge in [-0.2, -0.15) is 9.65 Å². The number of nitriles is 1. The number of nitrogens with zero attached hydrogens (tertiary/aromatic N) is 5. The summed E-state index contributed by atoms with van der Waals surface area (Å²) in [6.07, 6.45) is 4.31. The van der Waals surface area contributed by atoms with Gasteiger partial charge in [-0.05, 0) is 36.2 Å². The molecule has 0 aliphatic carbocycles. The number of aromatic nitrogens is 5. The number of fused-ring (bicyclic) bond motifs is 1. The van der Waals surface area contributed by atoms with Gasteiger partial charge in [0.05, 0.1) is 22.7 Å². The van der Waals surface area contributed by atoms with Crippen LogP contribution in [-0.4, -0.2) is 24.5 Å². The molecule has 6 nitrogen and oxygen atoms in total.